The highest BCUT2D eigenvalue weighted by atomic mass is 35.5. The number of carbonyl (C=O) groups is 2. The molecule has 0 saturated carbocycles. The van der Waals surface area contributed by atoms with Gasteiger partial charge in [0.05, 0.1) is 27.4 Å². The van der Waals surface area contributed by atoms with Crippen molar-refractivity contribution < 1.29 is 18.0 Å². The molecule has 2 aromatic carbocycles. The number of hydrogen-bond acceptors (Lipinski definition) is 4. The summed E-state index contributed by atoms with van der Waals surface area (Å²) in [5.74, 6) is -1.26. The van der Waals surface area contributed by atoms with Crippen molar-refractivity contribution in [2.75, 3.05) is 10.1 Å². The van der Waals surface area contributed by atoms with Gasteiger partial charge < -0.3 is 5.32 Å². The van der Waals surface area contributed by atoms with E-state index >= 15 is 0 Å². The van der Waals surface area contributed by atoms with Gasteiger partial charge in [0.25, 0.3) is 5.91 Å². The smallest absolute Gasteiger partial charge is 0.253 e. The summed E-state index contributed by atoms with van der Waals surface area (Å²) < 4.78 is 25.6. The number of carbonyl (C=O) groups excluding carboxylic acids is 2. The summed E-state index contributed by atoms with van der Waals surface area (Å²) in [5, 5.41) is 2.92. The van der Waals surface area contributed by atoms with E-state index in [9.17, 15) is 18.0 Å². The standard InChI is InChI=1S/C19H19ClN2O4S/c1-19(2)12-27(25,26)22(18(19)24)14-8-9-16(20)15(10-14)17(23)21-11-13-6-4-3-5-7-13/h3-10H,11-12H2,1-2H3,(H,21,23). The lowest BCUT2D eigenvalue weighted by molar-refractivity contribution is -0.123. The monoisotopic (exact) mass is 406 g/mol. The lowest BCUT2D eigenvalue weighted by Crippen LogP contribution is -2.33. The highest BCUT2D eigenvalue weighted by Crippen LogP contribution is 2.36. The Balaban J connectivity index is 1.88. The number of amides is 2. The molecule has 1 N–H and O–H groups in total. The number of benzene rings is 2. The van der Waals surface area contributed by atoms with Crippen LogP contribution in [-0.4, -0.2) is 26.0 Å². The molecule has 142 valence electrons. The summed E-state index contributed by atoms with van der Waals surface area (Å²) in [5.41, 5.74) is 0.114. The van der Waals surface area contributed by atoms with Crippen LogP contribution >= 0.6 is 11.6 Å². The van der Waals surface area contributed by atoms with E-state index in [-0.39, 0.29) is 22.0 Å². The van der Waals surface area contributed by atoms with Gasteiger partial charge in [-0.05, 0) is 37.6 Å². The molecule has 6 nitrogen and oxygen atoms in total. The minimum Gasteiger partial charge on any atom is -0.348 e. The van der Waals surface area contributed by atoms with E-state index in [0.29, 0.717) is 6.54 Å². The number of anilines is 1. The molecule has 1 aliphatic heterocycles. The van der Waals surface area contributed by atoms with Gasteiger partial charge in [-0.2, -0.15) is 0 Å². The number of halogens is 1. The zero-order chi connectivity index (χ0) is 19.8. The van der Waals surface area contributed by atoms with Gasteiger partial charge in [0.15, 0.2) is 0 Å². The molecule has 1 aliphatic rings. The molecule has 0 spiro atoms. The molecular weight excluding hydrogens is 388 g/mol. The van der Waals surface area contributed by atoms with E-state index in [1.807, 2.05) is 30.3 Å². The minimum absolute atomic E-state index is 0.109. The fraction of sp³-hybridized carbons (Fsp3) is 0.263. The lowest BCUT2D eigenvalue weighted by atomic mass is 9.95. The Kier molecular flexibility index (Phi) is 5.01. The summed E-state index contributed by atoms with van der Waals surface area (Å²) in [7, 11) is -3.80. The maximum absolute atomic E-state index is 12.5. The van der Waals surface area contributed by atoms with E-state index in [1.54, 1.807) is 13.8 Å². The normalized spacial score (nSPS) is 17.7. The fourth-order valence-electron chi connectivity index (χ4n) is 2.95. The molecule has 3 rings (SSSR count). The van der Waals surface area contributed by atoms with Gasteiger partial charge in [-0.1, -0.05) is 41.9 Å². The zero-order valence-electron chi connectivity index (χ0n) is 14.9. The Hall–Kier alpha value is -2.38. The maximum Gasteiger partial charge on any atom is 0.253 e. The topological polar surface area (TPSA) is 83.6 Å². The first kappa shape index (κ1) is 19.4. The van der Waals surface area contributed by atoms with Crippen molar-refractivity contribution in [1.29, 1.82) is 0 Å². The molecule has 27 heavy (non-hydrogen) atoms. The van der Waals surface area contributed by atoms with Crippen LogP contribution in [0.25, 0.3) is 0 Å². The van der Waals surface area contributed by atoms with E-state index in [2.05, 4.69) is 5.32 Å². The molecule has 1 heterocycles. The second kappa shape index (κ2) is 6.98. The van der Waals surface area contributed by atoms with Gasteiger partial charge in [-0.25, -0.2) is 12.7 Å². The van der Waals surface area contributed by atoms with Crippen LogP contribution in [0.4, 0.5) is 5.69 Å². The van der Waals surface area contributed by atoms with Gasteiger partial charge in [-0.3, -0.25) is 9.59 Å². The highest BCUT2D eigenvalue weighted by molar-refractivity contribution is 7.94. The predicted molar refractivity (Wildman–Crippen MR) is 104 cm³/mol. The molecular formula is C19H19ClN2O4S. The zero-order valence-corrected chi connectivity index (χ0v) is 16.5. The average Bonchev–Trinajstić information content (AvgIpc) is 2.77. The second-order valence-corrected chi connectivity index (χ2v) is 9.27. The van der Waals surface area contributed by atoms with E-state index in [0.717, 1.165) is 9.87 Å². The Morgan fingerprint density at radius 2 is 1.85 bits per heavy atom. The highest BCUT2D eigenvalue weighted by Gasteiger charge is 2.50. The molecule has 0 bridgehead atoms. The van der Waals surface area contributed by atoms with Crippen LogP contribution < -0.4 is 9.62 Å². The van der Waals surface area contributed by atoms with Crippen molar-refractivity contribution in [1.82, 2.24) is 5.32 Å². The van der Waals surface area contributed by atoms with Crippen LogP contribution in [0.5, 0.6) is 0 Å². The van der Waals surface area contributed by atoms with Gasteiger partial charge in [-0.15, -0.1) is 0 Å². The minimum atomic E-state index is -3.80. The summed E-state index contributed by atoms with van der Waals surface area (Å²) in [4.78, 5) is 25.1. The first-order chi connectivity index (χ1) is 12.6. The Morgan fingerprint density at radius 1 is 1.19 bits per heavy atom. The summed E-state index contributed by atoms with van der Waals surface area (Å²) in [6, 6.07) is 13.5. The summed E-state index contributed by atoms with van der Waals surface area (Å²) in [6.45, 7) is 3.46. The van der Waals surface area contributed by atoms with Crippen molar-refractivity contribution in [3.8, 4) is 0 Å². The van der Waals surface area contributed by atoms with Crippen molar-refractivity contribution in [3.05, 3.63) is 64.7 Å². The molecule has 0 radical (unpaired) electrons. The van der Waals surface area contributed by atoms with Gasteiger partial charge in [0.2, 0.25) is 15.9 Å². The number of sulfonamides is 1. The molecule has 2 aromatic rings. The van der Waals surface area contributed by atoms with Crippen LogP contribution in [0.1, 0.15) is 29.8 Å². The Labute approximate surface area is 163 Å². The van der Waals surface area contributed by atoms with Crippen LogP contribution in [0.15, 0.2) is 48.5 Å². The van der Waals surface area contributed by atoms with Crippen molar-refractivity contribution >= 4 is 39.1 Å². The number of nitrogens with one attached hydrogen (secondary N) is 1. The van der Waals surface area contributed by atoms with Crippen LogP contribution in [-0.2, 0) is 21.4 Å². The third kappa shape index (κ3) is 3.84. The van der Waals surface area contributed by atoms with Crippen LogP contribution in [0.2, 0.25) is 5.02 Å². The summed E-state index contributed by atoms with van der Waals surface area (Å²) >= 11 is 6.13. The SMILES string of the molecule is CC1(C)CS(=O)(=O)N(c2ccc(Cl)c(C(=O)NCc3ccccc3)c2)C1=O. The Morgan fingerprint density at radius 3 is 2.44 bits per heavy atom. The third-order valence-electron chi connectivity index (χ3n) is 4.31. The van der Waals surface area contributed by atoms with Crippen LogP contribution in [0, 0.1) is 5.41 Å². The maximum atomic E-state index is 12.5. The van der Waals surface area contributed by atoms with E-state index in [4.69, 9.17) is 11.6 Å². The first-order valence-electron chi connectivity index (χ1n) is 8.31. The molecule has 0 aliphatic carbocycles. The average molecular weight is 407 g/mol. The van der Waals surface area contributed by atoms with Gasteiger partial charge in [0, 0.05) is 6.54 Å². The van der Waals surface area contributed by atoms with Gasteiger partial charge >= 0.3 is 0 Å². The van der Waals surface area contributed by atoms with E-state index < -0.39 is 27.3 Å². The van der Waals surface area contributed by atoms with Crippen molar-refractivity contribution in [2.24, 2.45) is 5.41 Å². The Bertz CT molecular complexity index is 1000. The largest absolute Gasteiger partial charge is 0.348 e. The molecule has 0 unspecified atom stereocenters. The molecule has 1 fully saturated rings. The van der Waals surface area contributed by atoms with Gasteiger partial charge in [0.1, 0.15) is 0 Å². The van der Waals surface area contributed by atoms with E-state index in [1.165, 1.54) is 18.2 Å². The molecule has 2 amide bonds. The lowest BCUT2D eigenvalue weighted by Gasteiger charge is -2.18. The number of hydrogen-bond donors (Lipinski definition) is 1. The molecule has 1 saturated heterocycles. The first-order valence-corrected chi connectivity index (χ1v) is 10.3. The number of rotatable bonds is 4. The second-order valence-electron chi connectivity index (χ2n) is 7.04. The predicted octanol–water partition coefficient (Wildman–Crippen LogP) is 2.97. The number of nitrogens with zero attached hydrogens (tertiary/aromatic N) is 1. The summed E-state index contributed by atoms with van der Waals surface area (Å²) in [6.07, 6.45) is 0. The molecule has 0 aromatic heterocycles. The van der Waals surface area contributed by atoms with Crippen LogP contribution in [0.3, 0.4) is 0 Å². The fourth-order valence-corrected chi connectivity index (χ4v) is 5.25. The van der Waals surface area contributed by atoms with Crippen molar-refractivity contribution in [3.63, 3.8) is 0 Å². The third-order valence-corrected chi connectivity index (χ3v) is 6.66. The quantitative estimate of drug-likeness (QED) is 0.846. The van der Waals surface area contributed by atoms with Crippen molar-refractivity contribution in [2.45, 2.75) is 20.4 Å². The molecule has 8 heteroatoms. The molecule has 0 atom stereocenters.